The molecule has 22 heavy (non-hydrogen) atoms. The van der Waals surface area contributed by atoms with Crippen LogP contribution in [0.4, 0.5) is 5.69 Å². The number of nitrogens with zero attached hydrogens (tertiary/aromatic N) is 2. The number of benzene rings is 1. The second-order valence-corrected chi connectivity index (χ2v) is 7.28. The molecule has 0 amide bonds. The molecule has 1 aromatic heterocycles. The largest absolute Gasteiger partial charge is 0.478 e. The number of rotatable bonds is 6. The minimum Gasteiger partial charge on any atom is -0.478 e. The lowest BCUT2D eigenvalue weighted by molar-refractivity contribution is 0.0697. The molecular formula is C14H12N2O4S2. The molecule has 114 valence electrons. The predicted octanol–water partition coefficient (Wildman–Crippen LogP) is 2.56. The predicted molar refractivity (Wildman–Crippen MR) is 82.5 cm³/mol. The molecule has 0 aliphatic heterocycles. The zero-order valence-electron chi connectivity index (χ0n) is 11.3. The SMILES string of the molecule is N#CCCN(c1ccccc1)S(=O)(=O)c1cc(C(=O)O)cs1. The Bertz CT molecular complexity index is 807. The second kappa shape index (κ2) is 6.60. The van der Waals surface area contributed by atoms with Crippen LogP contribution in [0, 0.1) is 11.3 Å². The van der Waals surface area contributed by atoms with Crippen molar-refractivity contribution in [1.82, 2.24) is 0 Å². The molecule has 0 fully saturated rings. The van der Waals surface area contributed by atoms with Crippen molar-refractivity contribution >= 4 is 33.0 Å². The number of nitriles is 1. The van der Waals surface area contributed by atoms with E-state index >= 15 is 0 Å². The van der Waals surface area contributed by atoms with E-state index in [0.29, 0.717) is 5.69 Å². The summed E-state index contributed by atoms with van der Waals surface area (Å²) in [5.41, 5.74) is 0.361. The van der Waals surface area contributed by atoms with Gasteiger partial charge in [0.2, 0.25) is 0 Å². The van der Waals surface area contributed by atoms with Gasteiger partial charge in [-0.2, -0.15) is 5.26 Å². The first kappa shape index (κ1) is 16.0. The Kier molecular flexibility index (Phi) is 4.80. The Balaban J connectivity index is 2.44. The van der Waals surface area contributed by atoms with Gasteiger partial charge < -0.3 is 5.11 Å². The number of carbonyl (C=O) groups is 1. The maximum Gasteiger partial charge on any atom is 0.336 e. The Morgan fingerprint density at radius 3 is 2.55 bits per heavy atom. The van der Waals surface area contributed by atoms with Crippen molar-refractivity contribution in [1.29, 1.82) is 5.26 Å². The molecular weight excluding hydrogens is 324 g/mol. The van der Waals surface area contributed by atoms with Crippen LogP contribution in [0.25, 0.3) is 0 Å². The number of anilines is 1. The number of aromatic carboxylic acids is 1. The zero-order valence-corrected chi connectivity index (χ0v) is 13.0. The highest BCUT2D eigenvalue weighted by Crippen LogP contribution is 2.28. The summed E-state index contributed by atoms with van der Waals surface area (Å²) in [6, 6.07) is 11.4. The Hall–Kier alpha value is -2.37. The van der Waals surface area contributed by atoms with Gasteiger partial charge in [0.05, 0.1) is 23.7 Å². The number of carboxylic acid groups (broad SMARTS) is 1. The molecule has 1 N–H and O–H groups in total. The van der Waals surface area contributed by atoms with E-state index in [-0.39, 0.29) is 22.7 Å². The van der Waals surface area contributed by atoms with Gasteiger partial charge in [-0.1, -0.05) is 18.2 Å². The van der Waals surface area contributed by atoms with E-state index in [2.05, 4.69) is 0 Å². The maximum atomic E-state index is 12.7. The minimum absolute atomic E-state index is 0.00313. The van der Waals surface area contributed by atoms with Gasteiger partial charge in [0.15, 0.2) is 0 Å². The Morgan fingerprint density at radius 2 is 2.00 bits per heavy atom. The fourth-order valence-electron chi connectivity index (χ4n) is 1.81. The smallest absolute Gasteiger partial charge is 0.336 e. The summed E-state index contributed by atoms with van der Waals surface area (Å²) in [5.74, 6) is -1.18. The molecule has 2 rings (SSSR count). The highest BCUT2D eigenvalue weighted by atomic mass is 32.2. The molecule has 0 unspecified atom stereocenters. The quantitative estimate of drug-likeness (QED) is 0.874. The molecule has 0 bridgehead atoms. The lowest BCUT2D eigenvalue weighted by Gasteiger charge is -2.22. The summed E-state index contributed by atoms with van der Waals surface area (Å²) in [4.78, 5) is 10.9. The van der Waals surface area contributed by atoms with Crippen LogP contribution in [0.3, 0.4) is 0 Å². The maximum absolute atomic E-state index is 12.7. The van der Waals surface area contributed by atoms with Gasteiger partial charge in [-0.3, -0.25) is 4.31 Å². The van der Waals surface area contributed by atoms with Crippen molar-refractivity contribution in [2.75, 3.05) is 10.8 Å². The van der Waals surface area contributed by atoms with Gasteiger partial charge in [0.25, 0.3) is 10.0 Å². The fourth-order valence-corrected chi connectivity index (χ4v) is 4.54. The van der Waals surface area contributed by atoms with Gasteiger partial charge in [-0.05, 0) is 18.2 Å². The Morgan fingerprint density at radius 1 is 1.32 bits per heavy atom. The molecule has 1 heterocycles. The number of carboxylic acids is 1. The normalized spacial score (nSPS) is 10.9. The highest BCUT2D eigenvalue weighted by molar-refractivity contribution is 7.94. The van der Waals surface area contributed by atoms with Gasteiger partial charge in [-0.15, -0.1) is 11.3 Å². The molecule has 0 saturated heterocycles. The van der Waals surface area contributed by atoms with Crippen molar-refractivity contribution in [3.05, 3.63) is 47.3 Å². The highest BCUT2D eigenvalue weighted by Gasteiger charge is 2.27. The number of hydrogen-bond donors (Lipinski definition) is 1. The molecule has 0 spiro atoms. The summed E-state index contributed by atoms with van der Waals surface area (Å²) < 4.78 is 26.5. The molecule has 0 radical (unpaired) electrons. The summed E-state index contributed by atoms with van der Waals surface area (Å²) in [7, 11) is -3.90. The first-order chi connectivity index (χ1) is 10.5. The van der Waals surface area contributed by atoms with E-state index in [1.54, 1.807) is 30.3 Å². The van der Waals surface area contributed by atoms with Crippen LogP contribution in [0.1, 0.15) is 16.8 Å². The van der Waals surface area contributed by atoms with E-state index in [4.69, 9.17) is 10.4 Å². The van der Waals surface area contributed by atoms with Crippen molar-refractivity contribution in [3.63, 3.8) is 0 Å². The molecule has 6 nitrogen and oxygen atoms in total. The first-order valence-corrected chi connectivity index (χ1v) is 8.55. The van der Waals surface area contributed by atoms with E-state index in [1.807, 2.05) is 6.07 Å². The van der Waals surface area contributed by atoms with Crippen molar-refractivity contribution in [3.8, 4) is 6.07 Å². The van der Waals surface area contributed by atoms with Crippen LogP contribution in [0.5, 0.6) is 0 Å². The van der Waals surface area contributed by atoms with E-state index in [9.17, 15) is 13.2 Å². The van der Waals surface area contributed by atoms with Crippen LogP contribution in [-0.2, 0) is 10.0 Å². The first-order valence-electron chi connectivity index (χ1n) is 6.23. The third-order valence-electron chi connectivity index (χ3n) is 2.84. The van der Waals surface area contributed by atoms with Crippen LogP contribution in [0.2, 0.25) is 0 Å². The number of hydrogen-bond acceptors (Lipinski definition) is 5. The van der Waals surface area contributed by atoms with Crippen LogP contribution in [-0.4, -0.2) is 26.0 Å². The summed E-state index contributed by atoms with van der Waals surface area (Å²) in [5, 5.41) is 18.9. The molecule has 8 heteroatoms. The third-order valence-corrected chi connectivity index (χ3v) is 6.08. The minimum atomic E-state index is -3.90. The summed E-state index contributed by atoms with van der Waals surface area (Å²) in [6.45, 7) is 0.00313. The number of thiophene rings is 1. The van der Waals surface area contributed by atoms with Gasteiger partial charge in [-0.25, -0.2) is 13.2 Å². The zero-order chi connectivity index (χ0) is 16.2. The van der Waals surface area contributed by atoms with E-state index in [0.717, 1.165) is 21.7 Å². The van der Waals surface area contributed by atoms with Crippen molar-refractivity contribution in [2.24, 2.45) is 0 Å². The topological polar surface area (TPSA) is 98.5 Å². The van der Waals surface area contributed by atoms with Crippen molar-refractivity contribution < 1.29 is 18.3 Å². The monoisotopic (exact) mass is 336 g/mol. The number of para-hydroxylation sites is 1. The summed E-state index contributed by atoms with van der Waals surface area (Å²) >= 11 is 0.848. The lowest BCUT2D eigenvalue weighted by Crippen LogP contribution is -2.31. The average molecular weight is 336 g/mol. The molecule has 1 aromatic carbocycles. The second-order valence-electron chi connectivity index (χ2n) is 4.28. The standard InChI is InChI=1S/C14H12N2O4S2/c15-7-4-8-16(12-5-2-1-3-6-12)22(19,20)13-9-11(10-21-13)14(17)18/h1-3,5-6,9-10H,4,8H2,(H,17,18). The molecule has 0 aliphatic carbocycles. The molecule has 0 saturated carbocycles. The molecule has 0 aliphatic rings. The number of sulfonamides is 1. The lowest BCUT2D eigenvalue weighted by atomic mass is 10.3. The van der Waals surface area contributed by atoms with Crippen LogP contribution < -0.4 is 4.31 Å². The average Bonchev–Trinajstić information content (AvgIpc) is 2.99. The van der Waals surface area contributed by atoms with E-state index < -0.39 is 16.0 Å². The Labute approximate surface area is 131 Å². The molecule has 2 aromatic rings. The summed E-state index contributed by atoms with van der Waals surface area (Å²) in [6.07, 6.45) is 0.0330. The van der Waals surface area contributed by atoms with Gasteiger partial charge >= 0.3 is 5.97 Å². The van der Waals surface area contributed by atoms with Crippen LogP contribution >= 0.6 is 11.3 Å². The fraction of sp³-hybridized carbons (Fsp3) is 0.143. The molecule has 0 atom stereocenters. The van der Waals surface area contributed by atoms with Crippen LogP contribution in [0.15, 0.2) is 46.0 Å². The third kappa shape index (κ3) is 3.27. The van der Waals surface area contributed by atoms with Gasteiger partial charge in [0.1, 0.15) is 4.21 Å². The van der Waals surface area contributed by atoms with E-state index in [1.165, 1.54) is 5.38 Å². The van der Waals surface area contributed by atoms with Gasteiger partial charge in [0, 0.05) is 11.9 Å². The van der Waals surface area contributed by atoms with Crippen molar-refractivity contribution in [2.45, 2.75) is 10.6 Å².